The molecule has 96 valence electrons. The van der Waals surface area contributed by atoms with Gasteiger partial charge in [-0.2, -0.15) is 0 Å². The highest BCUT2D eigenvalue weighted by atomic mass is 79.9. The number of thiophene rings is 1. The van der Waals surface area contributed by atoms with Crippen LogP contribution >= 0.6 is 38.9 Å². The van der Waals surface area contributed by atoms with Crippen molar-refractivity contribution in [2.24, 2.45) is 0 Å². The summed E-state index contributed by atoms with van der Waals surface area (Å²) in [5.74, 6) is 0. The third-order valence-electron chi connectivity index (χ3n) is 2.26. The third kappa shape index (κ3) is 2.54. The van der Waals surface area contributed by atoms with Crippen LogP contribution in [0.3, 0.4) is 0 Å². The van der Waals surface area contributed by atoms with Gasteiger partial charge >= 0.3 is 0 Å². The molecule has 0 N–H and O–H groups in total. The Hall–Kier alpha value is -0.630. The van der Waals surface area contributed by atoms with E-state index >= 15 is 0 Å². The molecule has 2 aromatic heterocycles. The van der Waals surface area contributed by atoms with Crippen LogP contribution in [-0.4, -0.2) is 20.4 Å². The second-order valence-corrected chi connectivity index (χ2v) is 8.34. The molecule has 0 aliphatic rings. The number of anilines is 1. The highest BCUT2D eigenvalue weighted by Crippen LogP contribution is 2.36. The van der Waals surface area contributed by atoms with E-state index < -0.39 is 10.0 Å². The SMILES string of the molecule is CN(c1ccncc1)S(=O)(=O)c1cc(Cl)c(Br)s1. The molecule has 0 fully saturated rings. The molecule has 4 nitrogen and oxygen atoms in total. The standard InChI is InChI=1S/C10H8BrClN2O2S2/c1-14(7-2-4-13-5-3-7)18(15,16)9-6-8(12)10(11)17-9/h2-6H,1H3. The highest BCUT2D eigenvalue weighted by Gasteiger charge is 2.24. The summed E-state index contributed by atoms with van der Waals surface area (Å²) in [6.45, 7) is 0. The van der Waals surface area contributed by atoms with Gasteiger partial charge in [0, 0.05) is 19.4 Å². The molecule has 0 bridgehead atoms. The molecule has 2 heterocycles. The van der Waals surface area contributed by atoms with E-state index in [-0.39, 0.29) is 4.21 Å². The van der Waals surface area contributed by atoms with Gasteiger partial charge in [0.15, 0.2) is 0 Å². The molecule has 0 spiro atoms. The molecule has 8 heteroatoms. The lowest BCUT2D eigenvalue weighted by atomic mass is 10.4. The van der Waals surface area contributed by atoms with E-state index in [1.807, 2.05) is 0 Å². The van der Waals surface area contributed by atoms with Crippen molar-refractivity contribution in [3.05, 3.63) is 39.4 Å². The Morgan fingerprint density at radius 3 is 2.50 bits per heavy atom. The Labute approximate surface area is 122 Å². The van der Waals surface area contributed by atoms with Crippen LogP contribution in [0.5, 0.6) is 0 Å². The zero-order chi connectivity index (χ0) is 13.3. The number of nitrogens with zero attached hydrogens (tertiary/aromatic N) is 2. The van der Waals surface area contributed by atoms with E-state index in [9.17, 15) is 8.42 Å². The number of sulfonamides is 1. The number of hydrogen-bond donors (Lipinski definition) is 0. The summed E-state index contributed by atoms with van der Waals surface area (Å²) in [7, 11) is -2.09. The summed E-state index contributed by atoms with van der Waals surface area (Å²) >= 11 is 10.1. The van der Waals surface area contributed by atoms with Crippen molar-refractivity contribution in [1.29, 1.82) is 0 Å². The van der Waals surface area contributed by atoms with Crippen molar-refractivity contribution in [3.8, 4) is 0 Å². The van der Waals surface area contributed by atoms with Crippen molar-refractivity contribution in [3.63, 3.8) is 0 Å². The van der Waals surface area contributed by atoms with Gasteiger partial charge in [-0.25, -0.2) is 8.42 Å². The number of halogens is 2. The fourth-order valence-electron chi connectivity index (χ4n) is 1.28. The van der Waals surface area contributed by atoms with E-state index in [4.69, 9.17) is 11.6 Å². The first kappa shape index (κ1) is 13.8. The van der Waals surface area contributed by atoms with E-state index in [0.29, 0.717) is 14.5 Å². The lowest BCUT2D eigenvalue weighted by Crippen LogP contribution is -2.25. The van der Waals surface area contributed by atoms with Gasteiger partial charge in [-0.15, -0.1) is 11.3 Å². The van der Waals surface area contributed by atoms with Crippen LogP contribution in [0.15, 0.2) is 38.6 Å². The topological polar surface area (TPSA) is 50.3 Å². The van der Waals surface area contributed by atoms with Gasteiger partial charge in [-0.3, -0.25) is 9.29 Å². The Balaban J connectivity index is 2.43. The highest BCUT2D eigenvalue weighted by molar-refractivity contribution is 9.11. The average molecular weight is 368 g/mol. The Kier molecular flexibility index (Phi) is 3.96. The average Bonchev–Trinajstić information content (AvgIpc) is 2.70. The van der Waals surface area contributed by atoms with Crippen LogP contribution in [0.25, 0.3) is 0 Å². The van der Waals surface area contributed by atoms with Gasteiger partial charge in [0.25, 0.3) is 10.0 Å². The van der Waals surface area contributed by atoms with Gasteiger partial charge < -0.3 is 0 Å². The predicted molar refractivity (Wildman–Crippen MR) is 76.9 cm³/mol. The van der Waals surface area contributed by atoms with Crippen LogP contribution in [0.1, 0.15) is 0 Å². The molecule has 0 saturated carbocycles. The Morgan fingerprint density at radius 2 is 2.00 bits per heavy atom. The minimum atomic E-state index is -3.58. The molecule has 0 aliphatic carbocycles. The summed E-state index contributed by atoms with van der Waals surface area (Å²) in [4.78, 5) is 3.85. The molecule has 0 amide bonds. The van der Waals surface area contributed by atoms with Crippen LogP contribution in [0.4, 0.5) is 5.69 Å². The quantitative estimate of drug-likeness (QED) is 0.835. The zero-order valence-corrected chi connectivity index (χ0v) is 13.1. The molecule has 0 aliphatic heterocycles. The number of hydrogen-bond acceptors (Lipinski definition) is 4. The van der Waals surface area contributed by atoms with Gasteiger partial charge in [0.1, 0.15) is 4.21 Å². The summed E-state index contributed by atoms with van der Waals surface area (Å²) in [6, 6.07) is 4.69. The van der Waals surface area contributed by atoms with Crippen molar-refractivity contribution < 1.29 is 8.42 Å². The number of rotatable bonds is 3. The van der Waals surface area contributed by atoms with Gasteiger partial charge in [-0.1, -0.05) is 11.6 Å². The molecule has 0 radical (unpaired) electrons. The molecule has 2 aromatic rings. The fourth-order valence-corrected chi connectivity index (χ4v) is 5.05. The van der Waals surface area contributed by atoms with Crippen molar-refractivity contribution in [2.45, 2.75) is 4.21 Å². The molecule has 0 saturated heterocycles. The lowest BCUT2D eigenvalue weighted by Gasteiger charge is -2.17. The van der Waals surface area contributed by atoms with E-state index in [2.05, 4.69) is 20.9 Å². The van der Waals surface area contributed by atoms with Crippen LogP contribution in [0, 0.1) is 0 Å². The van der Waals surface area contributed by atoms with Crippen LogP contribution in [0.2, 0.25) is 5.02 Å². The molecule has 2 rings (SSSR count). The largest absolute Gasteiger partial charge is 0.273 e. The molecule has 0 aromatic carbocycles. The predicted octanol–water partition coefficient (Wildman–Crippen LogP) is 3.38. The third-order valence-corrected chi connectivity index (χ3v) is 6.97. The normalized spacial score (nSPS) is 11.5. The van der Waals surface area contributed by atoms with E-state index in [1.165, 1.54) is 17.4 Å². The Bertz CT molecular complexity index is 638. The summed E-state index contributed by atoms with van der Waals surface area (Å²) in [6.07, 6.45) is 3.08. The first-order valence-corrected chi connectivity index (χ1v) is 8.19. The summed E-state index contributed by atoms with van der Waals surface area (Å²) in [5, 5.41) is 0.390. The fraction of sp³-hybridized carbons (Fsp3) is 0.100. The van der Waals surface area contributed by atoms with Gasteiger partial charge in [-0.05, 0) is 34.1 Å². The lowest BCUT2D eigenvalue weighted by molar-refractivity contribution is 0.596. The maximum Gasteiger partial charge on any atom is 0.273 e. The smallest absolute Gasteiger partial charge is 0.269 e. The monoisotopic (exact) mass is 366 g/mol. The molecular formula is C10H8BrClN2O2S2. The summed E-state index contributed by atoms with van der Waals surface area (Å²) in [5.41, 5.74) is 0.547. The minimum Gasteiger partial charge on any atom is -0.269 e. The van der Waals surface area contributed by atoms with Crippen LogP contribution in [-0.2, 0) is 10.0 Å². The second kappa shape index (κ2) is 5.16. The Morgan fingerprint density at radius 1 is 1.39 bits per heavy atom. The molecule has 0 unspecified atom stereocenters. The second-order valence-electron chi connectivity index (χ2n) is 3.37. The van der Waals surface area contributed by atoms with Crippen molar-refractivity contribution in [2.75, 3.05) is 11.4 Å². The molecule has 18 heavy (non-hydrogen) atoms. The maximum absolute atomic E-state index is 12.3. The number of pyridine rings is 1. The van der Waals surface area contributed by atoms with E-state index in [1.54, 1.807) is 24.5 Å². The summed E-state index contributed by atoms with van der Waals surface area (Å²) < 4.78 is 26.7. The van der Waals surface area contributed by atoms with Crippen molar-refractivity contribution >= 4 is 54.6 Å². The van der Waals surface area contributed by atoms with Crippen LogP contribution < -0.4 is 4.31 Å². The molecular weight excluding hydrogens is 360 g/mol. The molecule has 0 atom stereocenters. The van der Waals surface area contributed by atoms with Gasteiger partial charge in [0.2, 0.25) is 0 Å². The van der Waals surface area contributed by atoms with E-state index in [0.717, 1.165) is 11.3 Å². The van der Waals surface area contributed by atoms with Crippen molar-refractivity contribution in [1.82, 2.24) is 4.98 Å². The minimum absolute atomic E-state index is 0.193. The maximum atomic E-state index is 12.3. The first-order valence-electron chi connectivity index (χ1n) is 4.76. The zero-order valence-electron chi connectivity index (χ0n) is 9.17. The van der Waals surface area contributed by atoms with Gasteiger partial charge in [0.05, 0.1) is 14.5 Å². The first-order chi connectivity index (χ1) is 8.43. The number of aromatic nitrogens is 1.